The van der Waals surface area contributed by atoms with E-state index in [2.05, 4.69) is 41.9 Å². The monoisotopic (exact) mass is 335 g/mol. The Labute approximate surface area is 128 Å². The van der Waals surface area contributed by atoms with Gasteiger partial charge in [-0.15, -0.1) is 0 Å². The van der Waals surface area contributed by atoms with Gasteiger partial charge in [0, 0.05) is 10.0 Å². The third kappa shape index (κ3) is 3.28. The third-order valence-electron chi connectivity index (χ3n) is 3.74. The molecule has 0 spiro atoms. The third-order valence-corrected chi connectivity index (χ3v) is 4.23. The molecule has 0 amide bonds. The highest BCUT2D eigenvalue weighted by Crippen LogP contribution is 2.26. The number of rotatable bonds is 3. The summed E-state index contributed by atoms with van der Waals surface area (Å²) in [4.78, 5) is 0. The molecule has 106 valence electrons. The van der Waals surface area contributed by atoms with E-state index in [1.54, 1.807) is 6.07 Å². The minimum Gasteiger partial charge on any atom is -0.321 e. The zero-order valence-corrected chi connectivity index (χ0v) is 13.6. The molecular formula is C17H19BrFN. The van der Waals surface area contributed by atoms with Crippen LogP contribution in [0.15, 0.2) is 40.9 Å². The molecule has 1 unspecified atom stereocenters. The van der Waals surface area contributed by atoms with Crippen LogP contribution in [0.5, 0.6) is 0 Å². The van der Waals surface area contributed by atoms with Gasteiger partial charge in [0.1, 0.15) is 5.82 Å². The molecule has 0 radical (unpaired) electrons. The van der Waals surface area contributed by atoms with Crippen LogP contribution in [-0.4, -0.2) is 0 Å². The van der Waals surface area contributed by atoms with E-state index in [0.717, 1.165) is 10.0 Å². The van der Waals surface area contributed by atoms with Crippen LogP contribution in [0.2, 0.25) is 0 Å². The largest absolute Gasteiger partial charge is 0.321 e. The Hall–Kier alpha value is -1.19. The molecule has 20 heavy (non-hydrogen) atoms. The van der Waals surface area contributed by atoms with Crippen molar-refractivity contribution in [1.82, 2.24) is 0 Å². The predicted octanol–water partition coefficient (Wildman–Crippen LogP) is 4.62. The average Bonchev–Trinajstić information content (AvgIpc) is 2.36. The van der Waals surface area contributed by atoms with Gasteiger partial charge in [0.05, 0.1) is 0 Å². The molecule has 3 heteroatoms. The second-order valence-corrected chi connectivity index (χ2v) is 6.54. The van der Waals surface area contributed by atoms with Crippen molar-refractivity contribution in [2.75, 3.05) is 0 Å². The van der Waals surface area contributed by atoms with Crippen molar-refractivity contribution in [3.8, 4) is 0 Å². The van der Waals surface area contributed by atoms with Crippen molar-refractivity contribution in [2.24, 2.45) is 5.73 Å². The standard InChI is InChI=1S/C17H19BrFN/c1-11-4-6-14(8-12(11)2)17(3,20)10-13-5-7-15(18)9-16(13)19/h4-9H,10,20H2,1-3H3. The minimum atomic E-state index is -0.590. The van der Waals surface area contributed by atoms with Crippen molar-refractivity contribution in [1.29, 1.82) is 0 Å². The summed E-state index contributed by atoms with van der Waals surface area (Å²) < 4.78 is 14.7. The second kappa shape index (κ2) is 5.66. The first-order chi connectivity index (χ1) is 9.29. The fourth-order valence-corrected chi connectivity index (χ4v) is 2.59. The van der Waals surface area contributed by atoms with E-state index in [1.807, 2.05) is 19.1 Å². The van der Waals surface area contributed by atoms with Crippen LogP contribution in [0, 0.1) is 19.7 Å². The molecule has 0 fully saturated rings. The highest BCUT2D eigenvalue weighted by atomic mass is 79.9. The lowest BCUT2D eigenvalue weighted by atomic mass is 9.85. The van der Waals surface area contributed by atoms with Gasteiger partial charge >= 0.3 is 0 Å². The molecule has 2 rings (SSSR count). The lowest BCUT2D eigenvalue weighted by molar-refractivity contribution is 0.475. The summed E-state index contributed by atoms with van der Waals surface area (Å²) in [6.07, 6.45) is 0.467. The first kappa shape index (κ1) is 15.2. The normalized spacial score (nSPS) is 14.1. The van der Waals surface area contributed by atoms with E-state index in [1.165, 1.54) is 17.2 Å². The van der Waals surface area contributed by atoms with Gasteiger partial charge in [-0.2, -0.15) is 0 Å². The molecule has 2 N–H and O–H groups in total. The van der Waals surface area contributed by atoms with Crippen LogP contribution in [0.3, 0.4) is 0 Å². The summed E-state index contributed by atoms with van der Waals surface area (Å²) in [6, 6.07) is 11.3. The summed E-state index contributed by atoms with van der Waals surface area (Å²) in [6.45, 7) is 6.08. The Balaban J connectivity index is 2.32. The Morgan fingerprint density at radius 1 is 1.10 bits per heavy atom. The van der Waals surface area contributed by atoms with Gasteiger partial charge in [-0.3, -0.25) is 0 Å². The van der Waals surface area contributed by atoms with Crippen LogP contribution in [0.25, 0.3) is 0 Å². The number of benzene rings is 2. The topological polar surface area (TPSA) is 26.0 Å². The van der Waals surface area contributed by atoms with Gasteiger partial charge in [-0.05, 0) is 61.6 Å². The number of aryl methyl sites for hydroxylation is 2. The highest BCUT2D eigenvalue weighted by molar-refractivity contribution is 9.10. The first-order valence-corrected chi connectivity index (χ1v) is 7.39. The van der Waals surface area contributed by atoms with Crippen molar-refractivity contribution in [2.45, 2.75) is 32.7 Å². The summed E-state index contributed by atoms with van der Waals surface area (Å²) in [5.41, 5.74) is 9.93. The summed E-state index contributed by atoms with van der Waals surface area (Å²) in [7, 11) is 0. The maximum absolute atomic E-state index is 14.0. The molecule has 2 aromatic rings. The molecule has 0 aliphatic heterocycles. The fraction of sp³-hybridized carbons (Fsp3) is 0.294. The molecule has 0 saturated carbocycles. The van der Waals surface area contributed by atoms with Crippen molar-refractivity contribution in [3.05, 3.63) is 68.9 Å². The van der Waals surface area contributed by atoms with Crippen LogP contribution in [0.4, 0.5) is 4.39 Å². The molecule has 0 aliphatic carbocycles. The highest BCUT2D eigenvalue weighted by Gasteiger charge is 2.23. The Bertz CT molecular complexity index is 635. The Morgan fingerprint density at radius 3 is 2.40 bits per heavy atom. The maximum atomic E-state index is 14.0. The number of hydrogen-bond donors (Lipinski definition) is 1. The quantitative estimate of drug-likeness (QED) is 0.869. The molecule has 0 aliphatic rings. The smallest absolute Gasteiger partial charge is 0.127 e. The zero-order valence-electron chi connectivity index (χ0n) is 12.0. The van der Waals surface area contributed by atoms with Gasteiger partial charge in [-0.25, -0.2) is 4.39 Å². The van der Waals surface area contributed by atoms with Crippen molar-refractivity contribution in [3.63, 3.8) is 0 Å². The zero-order chi connectivity index (χ0) is 14.9. The van der Waals surface area contributed by atoms with Crippen LogP contribution >= 0.6 is 15.9 Å². The molecule has 0 heterocycles. The molecule has 1 nitrogen and oxygen atoms in total. The molecule has 0 bridgehead atoms. The summed E-state index contributed by atoms with van der Waals surface area (Å²) >= 11 is 3.27. The molecule has 1 atom stereocenters. The van der Waals surface area contributed by atoms with E-state index < -0.39 is 5.54 Å². The van der Waals surface area contributed by atoms with Gasteiger partial charge in [-0.1, -0.05) is 40.2 Å². The lowest BCUT2D eigenvalue weighted by Gasteiger charge is -2.26. The summed E-state index contributed by atoms with van der Waals surface area (Å²) in [5, 5.41) is 0. The predicted molar refractivity (Wildman–Crippen MR) is 85.3 cm³/mol. The molecule has 2 aromatic carbocycles. The fourth-order valence-electron chi connectivity index (χ4n) is 2.26. The van der Waals surface area contributed by atoms with Crippen LogP contribution in [0.1, 0.15) is 29.2 Å². The molecule has 0 saturated heterocycles. The number of hydrogen-bond acceptors (Lipinski definition) is 1. The van der Waals surface area contributed by atoms with Gasteiger partial charge in [0.25, 0.3) is 0 Å². The van der Waals surface area contributed by atoms with Gasteiger partial charge in [0.2, 0.25) is 0 Å². The van der Waals surface area contributed by atoms with Gasteiger partial charge in [0.15, 0.2) is 0 Å². The lowest BCUT2D eigenvalue weighted by Crippen LogP contribution is -2.35. The van der Waals surface area contributed by atoms with E-state index in [9.17, 15) is 4.39 Å². The minimum absolute atomic E-state index is 0.222. The van der Waals surface area contributed by atoms with Crippen LogP contribution in [-0.2, 0) is 12.0 Å². The second-order valence-electron chi connectivity index (χ2n) is 5.63. The molecule has 0 aromatic heterocycles. The van der Waals surface area contributed by atoms with E-state index >= 15 is 0 Å². The Kier molecular flexibility index (Phi) is 4.31. The van der Waals surface area contributed by atoms with E-state index in [0.29, 0.717) is 12.0 Å². The number of nitrogens with two attached hydrogens (primary N) is 1. The van der Waals surface area contributed by atoms with E-state index in [-0.39, 0.29) is 5.82 Å². The SMILES string of the molecule is Cc1ccc(C(C)(N)Cc2ccc(Br)cc2F)cc1C. The molecular weight excluding hydrogens is 317 g/mol. The van der Waals surface area contributed by atoms with Crippen molar-refractivity contribution >= 4 is 15.9 Å². The number of halogens is 2. The maximum Gasteiger partial charge on any atom is 0.127 e. The first-order valence-electron chi connectivity index (χ1n) is 6.60. The summed E-state index contributed by atoms with van der Waals surface area (Å²) in [5.74, 6) is -0.222. The van der Waals surface area contributed by atoms with Gasteiger partial charge < -0.3 is 5.73 Å². The van der Waals surface area contributed by atoms with Crippen molar-refractivity contribution < 1.29 is 4.39 Å². The van der Waals surface area contributed by atoms with Crippen LogP contribution < -0.4 is 5.73 Å². The van der Waals surface area contributed by atoms with E-state index in [4.69, 9.17) is 5.73 Å². The Morgan fingerprint density at radius 2 is 1.80 bits per heavy atom. The average molecular weight is 336 g/mol.